The van der Waals surface area contributed by atoms with Crippen LogP contribution < -0.4 is 11.1 Å². The third kappa shape index (κ3) is 3.82. The average molecular weight is 212 g/mol. The molecule has 0 heterocycles. The van der Waals surface area contributed by atoms with Gasteiger partial charge in [-0.3, -0.25) is 4.79 Å². The molecule has 2 atom stereocenters. The van der Waals surface area contributed by atoms with Crippen LogP contribution in [0.1, 0.15) is 52.9 Å². The molecule has 0 spiro atoms. The van der Waals surface area contributed by atoms with Crippen molar-refractivity contribution >= 4 is 5.91 Å². The molecule has 0 aliphatic heterocycles. The highest BCUT2D eigenvalue weighted by atomic mass is 16.2. The second-order valence-electron chi connectivity index (χ2n) is 5.48. The summed E-state index contributed by atoms with van der Waals surface area (Å²) in [6, 6.07) is -0.00566. The molecule has 0 radical (unpaired) electrons. The van der Waals surface area contributed by atoms with Crippen LogP contribution in [-0.2, 0) is 4.79 Å². The number of hydrogen-bond acceptors (Lipinski definition) is 2. The molecule has 0 aromatic carbocycles. The smallest absolute Gasteiger partial charge is 0.237 e. The van der Waals surface area contributed by atoms with Gasteiger partial charge in [0.05, 0.1) is 6.04 Å². The molecule has 1 aliphatic carbocycles. The van der Waals surface area contributed by atoms with E-state index in [1.165, 1.54) is 12.8 Å². The second-order valence-corrected chi connectivity index (χ2v) is 5.48. The molecule has 1 rings (SSSR count). The lowest BCUT2D eigenvalue weighted by Crippen LogP contribution is -2.47. The van der Waals surface area contributed by atoms with Crippen LogP contribution in [0.25, 0.3) is 0 Å². The second kappa shape index (κ2) is 4.97. The summed E-state index contributed by atoms with van der Waals surface area (Å²) in [4.78, 5) is 11.6. The molecule has 3 N–H and O–H groups in total. The van der Waals surface area contributed by atoms with Crippen LogP contribution in [0.2, 0.25) is 0 Å². The first kappa shape index (κ1) is 12.5. The molecule has 0 saturated heterocycles. The molecular weight excluding hydrogens is 188 g/mol. The zero-order valence-corrected chi connectivity index (χ0v) is 10.2. The zero-order valence-electron chi connectivity index (χ0n) is 10.2. The first-order chi connectivity index (χ1) is 6.94. The van der Waals surface area contributed by atoms with Crippen molar-refractivity contribution in [2.75, 3.05) is 0 Å². The highest BCUT2D eigenvalue weighted by Gasteiger charge is 2.29. The van der Waals surface area contributed by atoms with Gasteiger partial charge in [0, 0.05) is 6.04 Å². The fourth-order valence-corrected chi connectivity index (χ4v) is 2.31. The Bertz CT molecular complexity index is 226. The van der Waals surface area contributed by atoms with Gasteiger partial charge in [-0.15, -0.1) is 0 Å². The van der Waals surface area contributed by atoms with Crippen molar-refractivity contribution in [1.82, 2.24) is 5.32 Å². The van der Waals surface area contributed by atoms with Crippen molar-refractivity contribution in [2.24, 2.45) is 11.1 Å². The first-order valence-electron chi connectivity index (χ1n) is 6.00. The molecule has 0 aromatic rings. The molecular formula is C12H24N2O. The normalized spacial score (nSPS) is 27.1. The van der Waals surface area contributed by atoms with Crippen LogP contribution in [0, 0.1) is 5.41 Å². The van der Waals surface area contributed by atoms with E-state index < -0.39 is 0 Å². The fourth-order valence-electron chi connectivity index (χ4n) is 2.31. The molecule has 88 valence electrons. The number of hydrogen-bond donors (Lipinski definition) is 2. The van der Waals surface area contributed by atoms with Crippen molar-refractivity contribution < 1.29 is 4.79 Å². The highest BCUT2D eigenvalue weighted by Crippen LogP contribution is 2.35. The van der Waals surface area contributed by atoms with E-state index in [4.69, 9.17) is 5.73 Å². The zero-order chi connectivity index (χ0) is 11.5. The number of carbonyl (C=O) groups is 1. The lowest BCUT2D eigenvalue weighted by molar-refractivity contribution is -0.123. The third-order valence-electron chi connectivity index (χ3n) is 3.33. The number of nitrogens with one attached hydrogen (secondary N) is 1. The molecule has 3 nitrogen and oxygen atoms in total. The van der Waals surface area contributed by atoms with Crippen LogP contribution >= 0.6 is 0 Å². The number of nitrogens with two attached hydrogens (primary N) is 1. The van der Waals surface area contributed by atoms with Gasteiger partial charge in [-0.1, -0.05) is 27.2 Å². The quantitative estimate of drug-likeness (QED) is 0.749. The van der Waals surface area contributed by atoms with Crippen molar-refractivity contribution in [3.63, 3.8) is 0 Å². The maximum atomic E-state index is 11.6. The Morgan fingerprint density at radius 3 is 2.80 bits per heavy atom. The Hall–Kier alpha value is -0.570. The van der Waals surface area contributed by atoms with Crippen molar-refractivity contribution in [1.29, 1.82) is 0 Å². The number of amides is 1. The summed E-state index contributed by atoms with van der Waals surface area (Å²) in [5.74, 6) is 0.0141. The van der Waals surface area contributed by atoms with E-state index in [-0.39, 0.29) is 11.9 Å². The minimum absolute atomic E-state index is 0.0141. The molecule has 1 unspecified atom stereocenters. The average Bonchev–Trinajstić information content (AvgIpc) is 2.14. The Morgan fingerprint density at radius 1 is 1.60 bits per heavy atom. The van der Waals surface area contributed by atoms with Gasteiger partial charge in [0.1, 0.15) is 0 Å². The topological polar surface area (TPSA) is 55.1 Å². The van der Waals surface area contributed by atoms with Gasteiger partial charge in [-0.25, -0.2) is 0 Å². The predicted octanol–water partition coefficient (Wildman–Crippen LogP) is 1.81. The molecule has 1 saturated carbocycles. The van der Waals surface area contributed by atoms with E-state index in [1.807, 2.05) is 6.92 Å². The minimum Gasteiger partial charge on any atom is -0.352 e. The summed E-state index contributed by atoms with van der Waals surface area (Å²) in [5, 5.41) is 3.06. The standard InChI is InChI=1S/C12H24N2O/c1-4-10(13)11(15)14-9-6-5-7-12(2,3)8-9/h9-10H,4-8,13H2,1-3H3,(H,14,15)/t9?,10-/m0/s1. The molecule has 0 aromatic heterocycles. The summed E-state index contributed by atoms with van der Waals surface area (Å²) in [6.07, 6.45) is 5.36. The lowest BCUT2D eigenvalue weighted by Gasteiger charge is -2.35. The van der Waals surface area contributed by atoms with Gasteiger partial charge in [0.25, 0.3) is 0 Å². The van der Waals surface area contributed by atoms with Gasteiger partial charge in [-0.05, 0) is 31.1 Å². The van der Waals surface area contributed by atoms with E-state index >= 15 is 0 Å². The van der Waals surface area contributed by atoms with Crippen molar-refractivity contribution in [2.45, 2.75) is 65.0 Å². The van der Waals surface area contributed by atoms with Gasteiger partial charge in [-0.2, -0.15) is 0 Å². The predicted molar refractivity (Wildman–Crippen MR) is 62.4 cm³/mol. The van der Waals surface area contributed by atoms with Gasteiger partial charge >= 0.3 is 0 Å². The maximum absolute atomic E-state index is 11.6. The third-order valence-corrected chi connectivity index (χ3v) is 3.33. The van der Waals surface area contributed by atoms with Crippen LogP contribution in [0.3, 0.4) is 0 Å². The maximum Gasteiger partial charge on any atom is 0.237 e. The fraction of sp³-hybridized carbons (Fsp3) is 0.917. The van der Waals surface area contributed by atoms with Crippen molar-refractivity contribution in [3.05, 3.63) is 0 Å². The molecule has 1 amide bonds. The number of rotatable bonds is 3. The molecule has 0 bridgehead atoms. The monoisotopic (exact) mass is 212 g/mol. The van der Waals surface area contributed by atoms with Gasteiger partial charge in [0.15, 0.2) is 0 Å². The highest BCUT2D eigenvalue weighted by molar-refractivity contribution is 5.81. The first-order valence-corrected chi connectivity index (χ1v) is 6.00. The Balaban J connectivity index is 2.41. The molecule has 15 heavy (non-hydrogen) atoms. The van der Waals surface area contributed by atoms with E-state index in [0.717, 1.165) is 12.8 Å². The lowest BCUT2D eigenvalue weighted by atomic mass is 9.75. The summed E-state index contributed by atoms with van der Waals surface area (Å²) >= 11 is 0. The largest absolute Gasteiger partial charge is 0.352 e. The molecule has 1 fully saturated rings. The Morgan fingerprint density at radius 2 is 2.27 bits per heavy atom. The number of carbonyl (C=O) groups excluding carboxylic acids is 1. The van der Waals surface area contributed by atoms with Crippen molar-refractivity contribution in [3.8, 4) is 0 Å². The van der Waals surface area contributed by atoms with E-state index in [0.29, 0.717) is 17.9 Å². The van der Waals surface area contributed by atoms with Crippen LogP contribution in [0.5, 0.6) is 0 Å². The van der Waals surface area contributed by atoms with Crippen LogP contribution in [0.4, 0.5) is 0 Å². The van der Waals surface area contributed by atoms with E-state index in [9.17, 15) is 4.79 Å². The van der Waals surface area contributed by atoms with Gasteiger partial charge in [0.2, 0.25) is 5.91 Å². The van der Waals surface area contributed by atoms with Gasteiger partial charge < -0.3 is 11.1 Å². The van der Waals surface area contributed by atoms with E-state index in [2.05, 4.69) is 19.2 Å². The Kier molecular flexibility index (Phi) is 4.14. The molecule has 1 aliphatic rings. The van der Waals surface area contributed by atoms with Crippen LogP contribution in [0.15, 0.2) is 0 Å². The summed E-state index contributed by atoms with van der Waals surface area (Å²) in [5.41, 5.74) is 6.06. The van der Waals surface area contributed by atoms with Crippen LogP contribution in [-0.4, -0.2) is 18.0 Å². The SMILES string of the molecule is CC[C@H](N)C(=O)NC1CCCC(C)(C)C1. The summed E-state index contributed by atoms with van der Waals surface area (Å²) in [7, 11) is 0. The molecule has 3 heteroatoms. The summed E-state index contributed by atoms with van der Waals surface area (Å²) < 4.78 is 0. The summed E-state index contributed by atoms with van der Waals surface area (Å²) in [6.45, 7) is 6.48. The van der Waals surface area contributed by atoms with E-state index in [1.54, 1.807) is 0 Å². The Labute approximate surface area is 92.8 Å². The minimum atomic E-state index is -0.338.